The molecule has 1 saturated carbocycles. The summed E-state index contributed by atoms with van der Waals surface area (Å²) in [5.74, 6) is 0.188. The maximum Gasteiger partial charge on any atom is 0.285 e. The number of nitrogens with one attached hydrogen (secondary N) is 1. The quantitative estimate of drug-likeness (QED) is 0.817. The molecule has 2 rings (SSSR count). The van der Waals surface area contributed by atoms with Gasteiger partial charge in [-0.05, 0) is 38.3 Å². The van der Waals surface area contributed by atoms with Gasteiger partial charge >= 0.3 is 0 Å². The molecule has 21 heavy (non-hydrogen) atoms. The number of carbonyl (C=O) groups excluding carboxylic acids is 1. The molecule has 3 nitrogen and oxygen atoms in total. The number of hydrogen-bond acceptors (Lipinski definition) is 1. The van der Waals surface area contributed by atoms with Crippen LogP contribution in [0.5, 0.6) is 0 Å². The Morgan fingerprint density at radius 1 is 1.24 bits per heavy atom. The summed E-state index contributed by atoms with van der Waals surface area (Å²) >= 11 is 0. The number of likely N-dealkylation sites (N-methyl/N-ethyl adjacent to an activating group) is 1. The number of anilines is 1. The third kappa shape index (κ3) is 3.25. The van der Waals surface area contributed by atoms with Gasteiger partial charge in [0.2, 0.25) is 0 Å². The molecule has 0 unspecified atom stereocenters. The van der Waals surface area contributed by atoms with Crippen molar-refractivity contribution in [1.29, 1.82) is 0 Å². The fraction of sp³-hybridized carbons (Fsp3) is 0.588. The van der Waals surface area contributed by atoms with Crippen molar-refractivity contribution in [3.05, 3.63) is 29.3 Å². The zero-order valence-corrected chi connectivity index (χ0v) is 16.8. The van der Waals surface area contributed by atoms with Crippen LogP contribution in [-0.2, 0) is 37.5 Å². The molecule has 4 heteroatoms. The first-order chi connectivity index (χ1) is 9.34. The summed E-state index contributed by atoms with van der Waals surface area (Å²) in [6.45, 7) is 7.23. The van der Waals surface area contributed by atoms with E-state index in [0.29, 0.717) is 0 Å². The van der Waals surface area contributed by atoms with Gasteiger partial charge in [0.25, 0.3) is 5.91 Å². The Kier molecular flexibility index (Phi) is 6.17. The Balaban J connectivity index is 0.00000220. The molecule has 1 radical (unpaired) electrons. The van der Waals surface area contributed by atoms with Crippen LogP contribution in [0.15, 0.2) is 18.2 Å². The SMILES string of the molecule is CC[N+](C)(C)C1(C(=O)Nc2c(C)cccc2C)CCC1.[Y]. The van der Waals surface area contributed by atoms with Gasteiger partial charge in [0.05, 0.1) is 20.6 Å². The van der Waals surface area contributed by atoms with Gasteiger partial charge in [-0.3, -0.25) is 4.79 Å². The summed E-state index contributed by atoms with van der Waals surface area (Å²) < 4.78 is 0.768. The van der Waals surface area contributed by atoms with E-state index < -0.39 is 0 Å². The molecule has 0 aromatic heterocycles. The molecule has 1 aliphatic rings. The number of nitrogens with zero attached hydrogens (tertiary/aromatic N) is 1. The summed E-state index contributed by atoms with van der Waals surface area (Å²) in [7, 11) is 4.34. The Labute approximate surface area is 154 Å². The van der Waals surface area contributed by atoms with E-state index in [-0.39, 0.29) is 44.2 Å². The second-order valence-electron chi connectivity index (χ2n) is 6.61. The maximum atomic E-state index is 12.9. The first kappa shape index (κ1) is 18.8. The van der Waals surface area contributed by atoms with Crippen LogP contribution in [-0.4, -0.2) is 36.6 Å². The fourth-order valence-electron chi connectivity index (χ4n) is 3.16. The topological polar surface area (TPSA) is 29.1 Å². The summed E-state index contributed by atoms with van der Waals surface area (Å²) in [5.41, 5.74) is 3.01. The summed E-state index contributed by atoms with van der Waals surface area (Å²) in [6, 6.07) is 6.14. The molecule has 1 aromatic rings. The van der Waals surface area contributed by atoms with Crippen LogP contribution >= 0.6 is 0 Å². The zero-order chi connectivity index (χ0) is 15.0. The number of para-hydroxylation sites is 1. The predicted octanol–water partition coefficient (Wildman–Crippen LogP) is 3.26. The third-order valence-corrected chi connectivity index (χ3v) is 5.27. The zero-order valence-electron chi connectivity index (χ0n) is 14.0. The van der Waals surface area contributed by atoms with Gasteiger partial charge in [-0.15, -0.1) is 0 Å². The number of amides is 1. The normalized spacial score (nSPS) is 16.6. The minimum Gasteiger partial charge on any atom is -0.320 e. The van der Waals surface area contributed by atoms with Gasteiger partial charge in [0.1, 0.15) is 0 Å². The van der Waals surface area contributed by atoms with Crippen LogP contribution in [0.4, 0.5) is 5.69 Å². The van der Waals surface area contributed by atoms with Crippen molar-refractivity contribution < 1.29 is 42.0 Å². The molecule has 113 valence electrons. The largest absolute Gasteiger partial charge is 0.320 e. The second-order valence-corrected chi connectivity index (χ2v) is 6.61. The fourth-order valence-corrected chi connectivity index (χ4v) is 3.16. The van der Waals surface area contributed by atoms with Crippen molar-refractivity contribution in [3.8, 4) is 0 Å². The second kappa shape index (κ2) is 6.89. The van der Waals surface area contributed by atoms with E-state index in [1.54, 1.807) is 0 Å². The molecule has 0 aliphatic heterocycles. The van der Waals surface area contributed by atoms with Crippen LogP contribution in [0.25, 0.3) is 0 Å². The summed E-state index contributed by atoms with van der Waals surface area (Å²) in [5, 5.41) is 3.21. The van der Waals surface area contributed by atoms with E-state index in [4.69, 9.17) is 0 Å². The van der Waals surface area contributed by atoms with E-state index in [0.717, 1.165) is 47.1 Å². The van der Waals surface area contributed by atoms with Crippen LogP contribution in [0, 0.1) is 13.8 Å². The molecule has 0 spiro atoms. The van der Waals surface area contributed by atoms with Gasteiger partial charge in [-0.25, -0.2) is 0 Å². The molecule has 1 fully saturated rings. The Bertz CT molecular complexity index is 501. The minimum atomic E-state index is -0.247. The van der Waals surface area contributed by atoms with Gasteiger partial charge < -0.3 is 9.80 Å². The van der Waals surface area contributed by atoms with Crippen molar-refractivity contribution in [1.82, 2.24) is 0 Å². The van der Waals surface area contributed by atoms with Gasteiger partial charge in [-0.1, -0.05) is 18.2 Å². The van der Waals surface area contributed by atoms with Crippen molar-refractivity contribution >= 4 is 11.6 Å². The number of carbonyl (C=O) groups is 1. The number of hydrogen-bond donors (Lipinski definition) is 1. The van der Waals surface area contributed by atoms with Gasteiger partial charge in [0.15, 0.2) is 5.54 Å². The minimum absolute atomic E-state index is 0. The number of aryl methyl sites for hydroxylation is 2. The smallest absolute Gasteiger partial charge is 0.285 e. The number of rotatable bonds is 4. The molecule has 0 atom stereocenters. The van der Waals surface area contributed by atoms with E-state index in [1.165, 1.54) is 0 Å². The molecule has 1 amide bonds. The molecule has 0 heterocycles. The van der Waals surface area contributed by atoms with Crippen LogP contribution in [0.3, 0.4) is 0 Å². The van der Waals surface area contributed by atoms with Crippen LogP contribution < -0.4 is 5.32 Å². The van der Waals surface area contributed by atoms with E-state index >= 15 is 0 Å². The molecule has 0 bridgehead atoms. The Hall–Kier alpha value is -0.246. The molecule has 1 aromatic carbocycles. The van der Waals surface area contributed by atoms with Crippen molar-refractivity contribution in [2.24, 2.45) is 0 Å². The Morgan fingerprint density at radius 2 is 1.76 bits per heavy atom. The van der Waals surface area contributed by atoms with Gasteiger partial charge in [-0.2, -0.15) is 0 Å². The average molecular weight is 364 g/mol. The average Bonchev–Trinajstić information content (AvgIpc) is 2.32. The van der Waals surface area contributed by atoms with Crippen LogP contribution in [0.1, 0.15) is 37.3 Å². The maximum absolute atomic E-state index is 12.9. The van der Waals surface area contributed by atoms with E-state index in [1.807, 2.05) is 6.07 Å². The van der Waals surface area contributed by atoms with E-state index in [2.05, 4.69) is 52.3 Å². The van der Waals surface area contributed by atoms with Gasteiger partial charge in [0, 0.05) is 51.2 Å². The first-order valence-corrected chi connectivity index (χ1v) is 7.55. The molecular formula is C17H27N2OY+. The van der Waals surface area contributed by atoms with Crippen molar-refractivity contribution in [3.63, 3.8) is 0 Å². The molecule has 1 N–H and O–H groups in total. The van der Waals surface area contributed by atoms with Crippen molar-refractivity contribution in [2.75, 3.05) is 26.0 Å². The summed E-state index contributed by atoms with van der Waals surface area (Å²) in [6.07, 6.45) is 3.14. The molecule has 0 saturated heterocycles. The van der Waals surface area contributed by atoms with Crippen LogP contribution in [0.2, 0.25) is 0 Å². The van der Waals surface area contributed by atoms with Crippen molar-refractivity contribution in [2.45, 2.75) is 45.6 Å². The monoisotopic (exact) mass is 364 g/mol. The third-order valence-electron chi connectivity index (χ3n) is 5.27. The molecular weight excluding hydrogens is 337 g/mol. The molecule has 1 aliphatic carbocycles. The summed E-state index contributed by atoms with van der Waals surface area (Å²) in [4.78, 5) is 12.9. The first-order valence-electron chi connectivity index (χ1n) is 7.55. The number of benzene rings is 1. The standard InChI is InChI=1S/C17H26N2O.Y/c1-6-19(4,5)17(11-8-12-17)16(20)18-15-13(2)9-7-10-14(15)3;/h7,9-10H,6,8,11-12H2,1-5H3;/p+1. The Morgan fingerprint density at radius 3 is 2.14 bits per heavy atom. The van der Waals surface area contributed by atoms with E-state index in [9.17, 15) is 4.79 Å². The number of quaternary nitrogens is 1. The predicted molar refractivity (Wildman–Crippen MR) is 83.8 cm³/mol.